The fourth-order valence-electron chi connectivity index (χ4n) is 2.55. The van der Waals surface area contributed by atoms with Crippen LogP contribution in [0.1, 0.15) is 37.4 Å². The molecule has 25 heavy (non-hydrogen) atoms. The van der Waals surface area contributed by atoms with Crippen molar-refractivity contribution < 1.29 is 0 Å². The highest BCUT2D eigenvalue weighted by molar-refractivity contribution is 14.0. The lowest BCUT2D eigenvalue weighted by atomic mass is 9.99. The molecule has 0 aliphatic rings. The lowest BCUT2D eigenvalue weighted by molar-refractivity contribution is 0.734. The van der Waals surface area contributed by atoms with Gasteiger partial charge in [0.1, 0.15) is 5.65 Å². The minimum absolute atomic E-state index is 0. The molecule has 0 aliphatic heterocycles. The van der Waals surface area contributed by atoms with Gasteiger partial charge < -0.3 is 15.5 Å². The third-order valence-corrected chi connectivity index (χ3v) is 4.19. The zero-order valence-electron chi connectivity index (χ0n) is 14.5. The molecule has 0 saturated carbocycles. The van der Waals surface area contributed by atoms with Crippen LogP contribution in [0.15, 0.2) is 59.9 Å². The van der Waals surface area contributed by atoms with Crippen molar-refractivity contribution in [2.24, 2.45) is 10.7 Å². The SMILES string of the molecule is CCC(C)c1ccc(NC(N)=NCc2cn3ccccc3n2)cc1.I. The predicted molar refractivity (Wildman–Crippen MR) is 115 cm³/mol. The van der Waals surface area contributed by atoms with Gasteiger partial charge in [-0.05, 0) is 42.2 Å². The number of benzene rings is 1. The predicted octanol–water partition coefficient (Wildman–Crippen LogP) is 4.39. The summed E-state index contributed by atoms with van der Waals surface area (Å²) in [5.74, 6) is 0.962. The molecule has 0 amide bonds. The van der Waals surface area contributed by atoms with Crippen molar-refractivity contribution in [2.75, 3.05) is 5.32 Å². The quantitative estimate of drug-likeness (QED) is 0.345. The molecule has 0 radical (unpaired) electrons. The van der Waals surface area contributed by atoms with Gasteiger partial charge in [0.2, 0.25) is 0 Å². The topological polar surface area (TPSA) is 67.7 Å². The highest BCUT2D eigenvalue weighted by atomic mass is 127. The van der Waals surface area contributed by atoms with E-state index in [-0.39, 0.29) is 24.0 Å². The first-order valence-electron chi connectivity index (χ1n) is 8.25. The molecular formula is C19H24IN5. The first-order chi connectivity index (χ1) is 11.7. The number of aliphatic imine (C=N–C) groups is 1. The number of nitrogens with one attached hydrogen (secondary N) is 1. The van der Waals surface area contributed by atoms with Gasteiger partial charge in [0.05, 0.1) is 12.2 Å². The molecule has 0 aliphatic carbocycles. The van der Waals surface area contributed by atoms with E-state index in [0.29, 0.717) is 18.4 Å². The van der Waals surface area contributed by atoms with E-state index in [1.165, 1.54) is 5.56 Å². The van der Waals surface area contributed by atoms with Gasteiger partial charge in [-0.25, -0.2) is 9.98 Å². The van der Waals surface area contributed by atoms with Crippen LogP contribution < -0.4 is 11.1 Å². The molecule has 3 aromatic rings. The van der Waals surface area contributed by atoms with E-state index in [2.05, 4.69) is 41.3 Å². The van der Waals surface area contributed by atoms with E-state index in [0.717, 1.165) is 23.4 Å². The molecule has 0 spiro atoms. The Balaban J connectivity index is 0.00000225. The number of guanidine groups is 1. The number of hydrogen-bond acceptors (Lipinski definition) is 2. The maximum Gasteiger partial charge on any atom is 0.193 e. The Morgan fingerprint density at radius 2 is 2.00 bits per heavy atom. The summed E-state index contributed by atoms with van der Waals surface area (Å²) < 4.78 is 1.97. The largest absolute Gasteiger partial charge is 0.370 e. The first-order valence-corrected chi connectivity index (χ1v) is 8.25. The van der Waals surface area contributed by atoms with Crippen molar-refractivity contribution in [3.63, 3.8) is 0 Å². The Labute approximate surface area is 165 Å². The van der Waals surface area contributed by atoms with E-state index < -0.39 is 0 Å². The molecule has 2 heterocycles. The van der Waals surface area contributed by atoms with Crippen LogP contribution in [0.25, 0.3) is 5.65 Å². The van der Waals surface area contributed by atoms with Gasteiger partial charge in [-0.15, -0.1) is 24.0 Å². The van der Waals surface area contributed by atoms with Crippen LogP contribution in [0.3, 0.4) is 0 Å². The zero-order valence-corrected chi connectivity index (χ0v) is 16.8. The molecule has 3 N–H and O–H groups in total. The third-order valence-electron chi connectivity index (χ3n) is 4.19. The van der Waals surface area contributed by atoms with Crippen LogP contribution in [0.5, 0.6) is 0 Å². The summed E-state index contributed by atoms with van der Waals surface area (Å²) in [5.41, 5.74) is 10.1. The monoisotopic (exact) mass is 449 g/mol. The molecule has 5 nitrogen and oxygen atoms in total. The minimum atomic E-state index is 0. The Morgan fingerprint density at radius 1 is 1.24 bits per heavy atom. The van der Waals surface area contributed by atoms with E-state index >= 15 is 0 Å². The number of nitrogens with two attached hydrogens (primary N) is 1. The number of aromatic nitrogens is 2. The van der Waals surface area contributed by atoms with Crippen LogP contribution >= 0.6 is 24.0 Å². The molecule has 6 heteroatoms. The average molecular weight is 449 g/mol. The van der Waals surface area contributed by atoms with Gasteiger partial charge in [-0.2, -0.15) is 0 Å². The second-order valence-corrected chi connectivity index (χ2v) is 5.96. The van der Waals surface area contributed by atoms with Crippen LogP contribution in [0.2, 0.25) is 0 Å². The third kappa shape index (κ3) is 4.94. The van der Waals surface area contributed by atoms with Gasteiger partial charge in [-0.1, -0.05) is 32.0 Å². The molecule has 0 saturated heterocycles. The average Bonchev–Trinajstić information content (AvgIpc) is 3.03. The molecule has 3 rings (SSSR count). The normalized spacial score (nSPS) is 12.6. The van der Waals surface area contributed by atoms with Crippen molar-refractivity contribution >= 4 is 41.3 Å². The second-order valence-electron chi connectivity index (χ2n) is 5.96. The Kier molecular flexibility index (Phi) is 6.81. The van der Waals surface area contributed by atoms with Crippen LogP contribution in [-0.4, -0.2) is 15.3 Å². The van der Waals surface area contributed by atoms with Gasteiger partial charge >= 0.3 is 0 Å². The van der Waals surface area contributed by atoms with Crippen molar-refractivity contribution in [2.45, 2.75) is 32.7 Å². The van der Waals surface area contributed by atoms with Gasteiger partial charge in [-0.3, -0.25) is 0 Å². The van der Waals surface area contributed by atoms with E-state index in [1.54, 1.807) is 0 Å². The van der Waals surface area contributed by atoms with Crippen molar-refractivity contribution in [3.05, 3.63) is 66.1 Å². The van der Waals surface area contributed by atoms with Crippen LogP contribution in [0, 0.1) is 0 Å². The first kappa shape index (κ1) is 19.2. The van der Waals surface area contributed by atoms with E-state index in [1.807, 2.05) is 47.1 Å². The van der Waals surface area contributed by atoms with Gasteiger partial charge in [0.15, 0.2) is 5.96 Å². The highest BCUT2D eigenvalue weighted by Crippen LogP contribution is 2.20. The Morgan fingerprint density at radius 3 is 2.68 bits per heavy atom. The summed E-state index contributed by atoms with van der Waals surface area (Å²) in [6.45, 7) is 4.87. The number of imidazole rings is 1. The van der Waals surface area contributed by atoms with Crippen molar-refractivity contribution in [1.82, 2.24) is 9.38 Å². The van der Waals surface area contributed by atoms with Crippen molar-refractivity contribution in [3.8, 4) is 0 Å². The number of halogens is 1. The lowest BCUT2D eigenvalue weighted by Gasteiger charge is -2.10. The molecule has 132 valence electrons. The highest BCUT2D eigenvalue weighted by Gasteiger charge is 2.03. The zero-order chi connectivity index (χ0) is 16.9. The molecule has 1 aromatic carbocycles. The smallest absolute Gasteiger partial charge is 0.193 e. The van der Waals surface area contributed by atoms with Crippen LogP contribution in [-0.2, 0) is 6.54 Å². The Hall–Kier alpha value is -2.09. The number of fused-ring (bicyclic) bond motifs is 1. The van der Waals surface area contributed by atoms with Crippen molar-refractivity contribution in [1.29, 1.82) is 0 Å². The summed E-state index contributed by atoms with van der Waals surface area (Å²) in [6.07, 6.45) is 5.07. The molecule has 0 fully saturated rings. The maximum absolute atomic E-state index is 5.98. The number of anilines is 1. The summed E-state index contributed by atoms with van der Waals surface area (Å²) in [6, 6.07) is 14.2. The summed E-state index contributed by atoms with van der Waals surface area (Å²) in [4.78, 5) is 8.87. The second kappa shape index (κ2) is 8.84. The molecule has 1 atom stereocenters. The molecule has 2 aromatic heterocycles. The van der Waals surface area contributed by atoms with Gasteiger partial charge in [0.25, 0.3) is 0 Å². The van der Waals surface area contributed by atoms with E-state index in [9.17, 15) is 0 Å². The van der Waals surface area contributed by atoms with Crippen LogP contribution in [0.4, 0.5) is 5.69 Å². The van der Waals surface area contributed by atoms with E-state index in [4.69, 9.17) is 5.73 Å². The summed E-state index contributed by atoms with van der Waals surface area (Å²) in [5, 5.41) is 3.12. The number of rotatable bonds is 5. The molecule has 0 bridgehead atoms. The van der Waals surface area contributed by atoms with Gasteiger partial charge in [0, 0.05) is 18.1 Å². The summed E-state index contributed by atoms with van der Waals surface area (Å²) in [7, 11) is 0. The molecular weight excluding hydrogens is 425 g/mol. The lowest BCUT2D eigenvalue weighted by Crippen LogP contribution is -2.22. The molecule has 1 unspecified atom stereocenters. The minimum Gasteiger partial charge on any atom is -0.370 e. The number of pyridine rings is 1. The maximum atomic E-state index is 5.98. The summed E-state index contributed by atoms with van der Waals surface area (Å²) >= 11 is 0. The fraction of sp³-hybridized carbons (Fsp3) is 0.263. The standard InChI is InChI=1S/C19H23N5.HI/c1-3-14(2)15-7-9-16(10-8-15)23-19(20)21-12-17-13-24-11-5-4-6-18(24)22-17;/h4-11,13-14H,3,12H2,1-2H3,(H3,20,21,23);1H. The fourth-order valence-corrected chi connectivity index (χ4v) is 2.55. The Bertz CT molecular complexity index is 805. The number of hydrogen-bond donors (Lipinski definition) is 2. The number of nitrogens with zero attached hydrogens (tertiary/aromatic N) is 3.